The number of fused-ring (bicyclic) bond motifs is 1. The van der Waals surface area contributed by atoms with E-state index in [0.29, 0.717) is 23.3 Å². The number of nitrogens with one attached hydrogen (secondary N) is 1. The second-order valence-corrected chi connectivity index (χ2v) is 9.69. The Morgan fingerprint density at radius 1 is 1.09 bits per heavy atom. The number of rotatable bonds is 7. The predicted octanol–water partition coefficient (Wildman–Crippen LogP) is 5.44. The molecule has 1 amide bonds. The molecule has 1 aromatic heterocycles. The molecule has 0 bridgehead atoms. The van der Waals surface area contributed by atoms with Gasteiger partial charge in [0, 0.05) is 12.5 Å². The summed E-state index contributed by atoms with van der Waals surface area (Å²) in [5, 5.41) is 3.32. The molecular formula is C26H30ClN3O5. The van der Waals surface area contributed by atoms with Gasteiger partial charge in [-0.15, -0.1) is 0 Å². The zero-order chi connectivity index (χ0) is 25.8. The second kappa shape index (κ2) is 10.9. The molecule has 0 saturated carbocycles. The third-order valence-electron chi connectivity index (χ3n) is 5.25. The zero-order valence-electron chi connectivity index (χ0n) is 20.5. The van der Waals surface area contributed by atoms with Crippen LogP contribution in [0.15, 0.2) is 53.3 Å². The first-order chi connectivity index (χ1) is 16.5. The Labute approximate surface area is 209 Å². The lowest BCUT2D eigenvalue weighted by atomic mass is 10.1. The number of carbonyl (C=O) groups excluding carboxylic acids is 2. The number of ether oxygens (including phenoxy) is 2. The van der Waals surface area contributed by atoms with Crippen molar-refractivity contribution in [1.29, 1.82) is 0 Å². The topological polar surface area (TPSA) is 99.5 Å². The highest BCUT2D eigenvalue weighted by molar-refractivity contribution is 6.35. The summed E-state index contributed by atoms with van der Waals surface area (Å²) in [4.78, 5) is 42.9. The molecule has 1 heterocycles. The molecule has 1 N–H and O–H groups in total. The summed E-state index contributed by atoms with van der Waals surface area (Å²) in [5.74, 6) is -0.0949. The van der Waals surface area contributed by atoms with Crippen LogP contribution in [-0.4, -0.2) is 33.8 Å². The van der Waals surface area contributed by atoms with Crippen LogP contribution in [0.3, 0.4) is 0 Å². The van der Waals surface area contributed by atoms with Gasteiger partial charge in [-0.2, -0.15) is 0 Å². The molecule has 0 aliphatic rings. The van der Waals surface area contributed by atoms with Crippen molar-refractivity contribution in [3.8, 4) is 0 Å². The Balaban J connectivity index is 1.89. The lowest BCUT2D eigenvalue weighted by Gasteiger charge is -2.25. The van der Waals surface area contributed by atoms with E-state index < -0.39 is 29.7 Å². The molecule has 8 nitrogen and oxygen atoms in total. The standard InChI is InChI=1S/C26H30ClN3O5/c1-16(14-15-34-24(32)18-10-7-6-8-11-18)30-22(17(2)28-25(33)35-26(3,4)5)29-20-13-9-12-19(27)21(20)23(30)31/h6-13,16-17H,14-15H2,1-5H3,(H,28,33)/t16?,17-/m0/s1. The number of nitrogens with zero attached hydrogens (tertiary/aromatic N) is 2. The minimum absolute atomic E-state index is 0.0925. The van der Waals surface area contributed by atoms with E-state index in [4.69, 9.17) is 21.1 Å². The molecule has 0 aliphatic carbocycles. The Hall–Kier alpha value is -3.39. The first-order valence-electron chi connectivity index (χ1n) is 11.4. The summed E-state index contributed by atoms with van der Waals surface area (Å²) in [6.45, 7) is 8.94. The van der Waals surface area contributed by atoms with Crippen LogP contribution in [-0.2, 0) is 9.47 Å². The van der Waals surface area contributed by atoms with E-state index in [1.54, 1.807) is 70.2 Å². The van der Waals surface area contributed by atoms with Crippen molar-refractivity contribution in [3.63, 3.8) is 0 Å². The van der Waals surface area contributed by atoms with Crippen LogP contribution >= 0.6 is 11.6 Å². The number of amides is 1. The highest BCUT2D eigenvalue weighted by Crippen LogP contribution is 2.24. The van der Waals surface area contributed by atoms with Crippen LogP contribution in [0, 0.1) is 0 Å². The highest BCUT2D eigenvalue weighted by atomic mass is 35.5. The maximum Gasteiger partial charge on any atom is 0.408 e. The fourth-order valence-corrected chi connectivity index (χ4v) is 3.86. The summed E-state index contributed by atoms with van der Waals surface area (Å²) in [6.07, 6.45) is -0.274. The largest absolute Gasteiger partial charge is 0.462 e. The van der Waals surface area contributed by atoms with Crippen molar-refractivity contribution >= 4 is 34.6 Å². The van der Waals surface area contributed by atoms with Crippen molar-refractivity contribution in [2.24, 2.45) is 0 Å². The lowest BCUT2D eigenvalue weighted by Crippen LogP contribution is -2.38. The van der Waals surface area contributed by atoms with Gasteiger partial charge >= 0.3 is 12.1 Å². The van der Waals surface area contributed by atoms with E-state index in [-0.39, 0.29) is 22.6 Å². The minimum atomic E-state index is -0.677. The van der Waals surface area contributed by atoms with Crippen LogP contribution in [0.1, 0.15) is 69.3 Å². The average Bonchev–Trinajstić information content (AvgIpc) is 2.77. The summed E-state index contributed by atoms with van der Waals surface area (Å²) in [6, 6.07) is 12.7. The maximum absolute atomic E-state index is 13.5. The maximum atomic E-state index is 13.5. The Kier molecular flexibility index (Phi) is 8.17. The van der Waals surface area contributed by atoms with Gasteiger partial charge in [-0.3, -0.25) is 9.36 Å². The Bertz CT molecular complexity index is 1270. The fourth-order valence-electron chi connectivity index (χ4n) is 3.61. The molecule has 186 valence electrons. The number of benzene rings is 2. The molecule has 0 radical (unpaired) electrons. The second-order valence-electron chi connectivity index (χ2n) is 9.29. The molecule has 3 aromatic rings. The lowest BCUT2D eigenvalue weighted by molar-refractivity contribution is 0.0474. The Morgan fingerprint density at radius 2 is 1.77 bits per heavy atom. The molecule has 1 unspecified atom stereocenters. The van der Waals surface area contributed by atoms with Crippen LogP contribution in [0.25, 0.3) is 10.9 Å². The number of esters is 1. The minimum Gasteiger partial charge on any atom is -0.462 e. The van der Waals surface area contributed by atoms with Crippen molar-refractivity contribution in [2.45, 2.75) is 58.7 Å². The van der Waals surface area contributed by atoms with E-state index >= 15 is 0 Å². The molecule has 0 spiro atoms. The van der Waals surface area contributed by atoms with Gasteiger partial charge in [0.25, 0.3) is 5.56 Å². The quantitative estimate of drug-likeness (QED) is 0.434. The van der Waals surface area contributed by atoms with Gasteiger partial charge in [0.15, 0.2) is 0 Å². The normalized spacial score (nSPS) is 13.2. The van der Waals surface area contributed by atoms with Crippen LogP contribution < -0.4 is 10.9 Å². The molecule has 9 heteroatoms. The average molecular weight is 500 g/mol. The van der Waals surface area contributed by atoms with Gasteiger partial charge in [-0.05, 0) is 58.9 Å². The SMILES string of the molecule is CC(CCOC(=O)c1ccccc1)n1c([C@H](C)NC(=O)OC(C)(C)C)nc2cccc(Cl)c2c1=O. The smallest absolute Gasteiger partial charge is 0.408 e. The van der Waals surface area contributed by atoms with Crippen LogP contribution in [0.4, 0.5) is 4.79 Å². The number of aromatic nitrogens is 2. The number of hydrogen-bond acceptors (Lipinski definition) is 6. The zero-order valence-corrected chi connectivity index (χ0v) is 21.3. The summed E-state index contributed by atoms with van der Waals surface area (Å²) in [5.41, 5.74) is -0.138. The fraction of sp³-hybridized carbons (Fsp3) is 0.385. The molecule has 2 aromatic carbocycles. The van der Waals surface area contributed by atoms with Gasteiger partial charge in [-0.25, -0.2) is 14.6 Å². The number of hydrogen-bond donors (Lipinski definition) is 1. The molecule has 0 saturated heterocycles. The first-order valence-corrected chi connectivity index (χ1v) is 11.8. The van der Waals surface area contributed by atoms with Gasteiger partial charge in [0.05, 0.1) is 34.1 Å². The molecule has 3 rings (SSSR count). The van der Waals surface area contributed by atoms with Crippen molar-refractivity contribution in [3.05, 3.63) is 75.3 Å². The van der Waals surface area contributed by atoms with E-state index in [1.807, 2.05) is 13.0 Å². The van der Waals surface area contributed by atoms with E-state index in [1.165, 1.54) is 4.57 Å². The monoisotopic (exact) mass is 499 g/mol. The first kappa shape index (κ1) is 26.2. The Morgan fingerprint density at radius 3 is 2.43 bits per heavy atom. The summed E-state index contributed by atoms with van der Waals surface area (Å²) >= 11 is 6.33. The third kappa shape index (κ3) is 6.60. The summed E-state index contributed by atoms with van der Waals surface area (Å²) in [7, 11) is 0. The molecule has 0 fully saturated rings. The van der Waals surface area contributed by atoms with Crippen LogP contribution in [0.2, 0.25) is 5.02 Å². The molecular weight excluding hydrogens is 470 g/mol. The molecule has 0 aliphatic heterocycles. The van der Waals surface area contributed by atoms with E-state index in [0.717, 1.165) is 0 Å². The molecule has 35 heavy (non-hydrogen) atoms. The van der Waals surface area contributed by atoms with Crippen molar-refractivity contribution in [1.82, 2.24) is 14.9 Å². The summed E-state index contributed by atoms with van der Waals surface area (Å²) < 4.78 is 12.2. The van der Waals surface area contributed by atoms with Gasteiger partial charge < -0.3 is 14.8 Å². The number of halogens is 1. The highest BCUT2D eigenvalue weighted by Gasteiger charge is 2.25. The number of alkyl carbamates (subject to hydrolysis) is 1. The number of carbonyl (C=O) groups is 2. The van der Waals surface area contributed by atoms with Crippen LogP contribution in [0.5, 0.6) is 0 Å². The van der Waals surface area contributed by atoms with Crippen molar-refractivity contribution in [2.75, 3.05) is 6.61 Å². The predicted molar refractivity (Wildman–Crippen MR) is 135 cm³/mol. The van der Waals surface area contributed by atoms with Gasteiger partial charge in [0.1, 0.15) is 11.4 Å². The van der Waals surface area contributed by atoms with E-state index in [9.17, 15) is 14.4 Å². The van der Waals surface area contributed by atoms with Crippen molar-refractivity contribution < 1.29 is 19.1 Å². The van der Waals surface area contributed by atoms with E-state index in [2.05, 4.69) is 10.3 Å². The molecule has 2 atom stereocenters. The van der Waals surface area contributed by atoms with Gasteiger partial charge in [0.2, 0.25) is 0 Å². The van der Waals surface area contributed by atoms with Gasteiger partial charge in [-0.1, -0.05) is 35.9 Å². The third-order valence-corrected chi connectivity index (χ3v) is 5.56.